The van der Waals surface area contributed by atoms with Gasteiger partial charge in [0.1, 0.15) is 7.85 Å². The number of hydrogen-bond donors (Lipinski definition) is 0. The normalized spacial score (nSPS) is 11.0. The maximum absolute atomic E-state index is 6.68. The highest BCUT2D eigenvalue weighted by atomic mass is 15.1. The number of fused-ring (bicyclic) bond motifs is 1. The quantitative estimate of drug-likeness (QED) is 0.192. The highest BCUT2D eigenvalue weighted by Gasteiger charge is 2.15. The van der Waals surface area contributed by atoms with Crippen molar-refractivity contribution < 1.29 is 0 Å². The first-order valence-corrected chi connectivity index (χ1v) is 14.2. The molecular weight excluding hydrogens is 505 g/mol. The second kappa shape index (κ2) is 11.3. The molecule has 7 aromatic rings. The zero-order valence-electron chi connectivity index (χ0n) is 23.2. The molecule has 0 aromatic heterocycles. The number of rotatable bonds is 6. The summed E-state index contributed by atoms with van der Waals surface area (Å²) in [5, 5.41) is 2.39. The van der Waals surface area contributed by atoms with E-state index in [-0.39, 0.29) is 0 Å². The molecule has 196 valence electrons. The van der Waals surface area contributed by atoms with E-state index < -0.39 is 0 Å². The van der Waals surface area contributed by atoms with Crippen LogP contribution in [0.25, 0.3) is 44.2 Å². The van der Waals surface area contributed by atoms with Crippen LogP contribution in [-0.2, 0) is 0 Å². The molecule has 42 heavy (non-hydrogen) atoms. The molecule has 7 rings (SSSR count). The second-order valence-corrected chi connectivity index (χ2v) is 10.5. The molecule has 0 saturated heterocycles. The third-order valence-electron chi connectivity index (χ3n) is 7.80. The Bertz CT molecular complexity index is 1970. The Kier molecular flexibility index (Phi) is 6.88. The van der Waals surface area contributed by atoms with Gasteiger partial charge in [-0.05, 0) is 86.6 Å². The molecule has 0 spiro atoms. The van der Waals surface area contributed by atoms with E-state index >= 15 is 0 Å². The third kappa shape index (κ3) is 5.11. The van der Waals surface area contributed by atoms with E-state index in [0.717, 1.165) is 33.7 Å². The largest absolute Gasteiger partial charge is 0.311 e. The van der Waals surface area contributed by atoms with Crippen molar-refractivity contribution >= 4 is 41.1 Å². The third-order valence-corrected chi connectivity index (χ3v) is 7.80. The van der Waals surface area contributed by atoms with Crippen molar-refractivity contribution in [1.29, 1.82) is 0 Å². The van der Waals surface area contributed by atoms with E-state index in [9.17, 15) is 0 Å². The highest BCUT2D eigenvalue weighted by Crippen LogP contribution is 2.38. The molecule has 0 aliphatic carbocycles. The van der Waals surface area contributed by atoms with E-state index in [2.05, 4.69) is 150 Å². The van der Waals surface area contributed by atoms with Crippen molar-refractivity contribution in [1.82, 2.24) is 0 Å². The van der Waals surface area contributed by atoms with Gasteiger partial charge in [-0.15, -0.1) is 0 Å². The molecule has 2 radical (unpaired) electrons. The Labute approximate surface area is 248 Å². The number of benzene rings is 7. The van der Waals surface area contributed by atoms with E-state index in [1.807, 2.05) is 24.3 Å². The van der Waals surface area contributed by atoms with Crippen molar-refractivity contribution in [3.05, 3.63) is 170 Å². The van der Waals surface area contributed by atoms with Gasteiger partial charge >= 0.3 is 0 Å². The van der Waals surface area contributed by atoms with Crippen molar-refractivity contribution in [2.45, 2.75) is 0 Å². The predicted octanol–water partition coefficient (Wildman–Crippen LogP) is 10.1. The topological polar surface area (TPSA) is 3.24 Å². The van der Waals surface area contributed by atoms with Crippen LogP contribution in [0.3, 0.4) is 0 Å². The monoisotopic (exact) mass is 533 g/mol. The lowest BCUT2D eigenvalue weighted by Crippen LogP contribution is -2.14. The molecule has 0 amide bonds. The number of anilines is 3. The molecular formula is C40H28BN. The summed E-state index contributed by atoms with van der Waals surface area (Å²) in [5.74, 6) is 0. The Balaban J connectivity index is 1.32. The van der Waals surface area contributed by atoms with Gasteiger partial charge < -0.3 is 4.90 Å². The van der Waals surface area contributed by atoms with Gasteiger partial charge in [0.25, 0.3) is 0 Å². The van der Waals surface area contributed by atoms with Crippen molar-refractivity contribution in [3.63, 3.8) is 0 Å². The molecule has 0 heterocycles. The second-order valence-electron chi connectivity index (χ2n) is 10.5. The number of hydrogen-bond acceptors (Lipinski definition) is 1. The van der Waals surface area contributed by atoms with Gasteiger partial charge in [0.15, 0.2) is 0 Å². The Morgan fingerprint density at radius 1 is 0.333 bits per heavy atom. The van der Waals surface area contributed by atoms with E-state index in [1.54, 1.807) is 0 Å². The summed E-state index contributed by atoms with van der Waals surface area (Å²) in [7, 11) is 6.68. The van der Waals surface area contributed by atoms with Crippen LogP contribution in [0, 0.1) is 0 Å². The van der Waals surface area contributed by atoms with Gasteiger partial charge in [-0.2, -0.15) is 0 Å². The summed E-state index contributed by atoms with van der Waals surface area (Å²) in [6.45, 7) is 0. The van der Waals surface area contributed by atoms with Gasteiger partial charge in [0.2, 0.25) is 0 Å². The zero-order valence-corrected chi connectivity index (χ0v) is 23.2. The minimum absolute atomic E-state index is 0.748. The Morgan fingerprint density at radius 3 is 1.43 bits per heavy atom. The molecule has 0 atom stereocenters. The molecule has 0 fully saturated rings. The fourth-order valence-corrected chi connectivity index (χ4v) is 5.63. The first-order valence-electron chi connectivity index (χ1n) is 14.2. The molecule has 0 saturated carbocycles. The van der Waals surface area contributed by atoms with Crippen LogP contribution in [0.2, 0.25) is 0 Å². The zero-order chi connectivity index (χ0) is 28.3. The van der Waals surface area contributed by atoms with E-state index in [4.69, 9.17) is 7.85 Å². The molecule has 0 N–H and O–H groups in total. The van der Waals surface area contributed by atoms with Crippen molar-refractivity contribution in [2.24, 2.45) is 0 Å². The molecule has 0 aliphatic heterocycles. The summed E-state index contributed by atoms with van der Waals surface area (Å²) in [6, 6.07) is 59.8. The maximum Gasteiger partial charge on any atom is 0.114 e. The van der Waals surface area contributed by atoms with Crippen LogP contribution in [0.1, 0.15) is 0 Å². The van der Waals surface area contributed by atoms with Crippen LogP contribution < -0.4 is 10.4 Å². The van der Waals surface area contributed by atoms with E-state index in [0.29, 0.717) is 0 Å². The Hall–Kier alpha value is -5.34. The SMILES string of the molecule is [B]c1cc(N(c2ccc(-c3ccccc3)cc2)c2ccc3cc(-c4ccccc4)ccc3c2)ccc1-c1ccccc1. The minimum atomic E-state index is 0.748. The standard InChI is InChI=1S/C40H28BN/c41-40-28-38(24-25-39(40)32-14-8-3-9-15-32)42(36-21-18-31(19-22-36)29-10-4-1-5-11-29)37-23-20-34-26-33(16-17-35(34)27-37)30-12-6-2-7-13-30/h1-28H. The maximum atomic E-state index is 6.68. The Morgan fingerprint density at radius 2 is 0.786 bits per heavy atom. The fourth-order valence-electron chi connectivity index (χ4n) is 5.63. The summed E-state index contributed by atoms with van der Waals surface area (Å²) in [5.41, 5.74) is 10.9. The summed E-state index contributed by atoms with van der Waals surface area (Å²) in [6.07, 6.45) is 0. The first kappa shape index (κ1) is 25.6. The van der Waals surface area contributed by atoms with E-state index in [1.165, 1.54) is 33.0 Å². The predicted molar refractivity (Wildman–Crippen MR) is 180 cm³/mol. The average Bonchev–Trinajstić information content (AvgIpc) is 3.06. The molecule has 1 nitrogen and oxygen atoms in total. The first-order chi connectivity index (χ1) is 20.7. The molecule has 7 aromatic carbocycles. The summed E-state index contributed by atoms with van der Waals surface area (Å²) in [4.78, 5) is 2.28. The van der Waals surface area contributed by atoms with Gasteiger partial charge in [-0.3, -0.25) is 0 Å². The lowest BCUT2D eigenvalue weighted by molar-refractivity contribution is 1.29. The van der Waals surface area contributed by atoms with Crippen LogP contribution in [-0.4, -0.2) is 7.85 Å². The molecule has 0 aliphatic rings. The molecule has 0 unspecified atom stereocenters. The van der Waals surface area contributed by atoms with Crippen LogP contribution in [0.4, 0.5) is 17.1 Å². The smallest absolute Gasteiger partial charge is 0.114 e. The molecule has 0 bridgehead atoms. The van der Waals surface area contributed by atoms with Crippen molar-refractivity contribution in [3.8, 4) is 33.4 Å². The minimum Gasteiger partial charge on any atom is -0.311 e. The summed E-state index contributed by atoms with van der Waals surface area (Å²) < 4.78 is 0. The lowest BCUT2D eigenvalue weighted by atomic mass is 9.86. The van der Waals surface area contributed by atoms with Gasteiger partial charge in [-0.1, -0.05) is 133 Å². The number of nitrogens with zero attached hydrogens (tertiary/aromatic N) is 1. The molecule has 2 heteroatoms. The van der Waals surface area contributed by atoms with Crippen molar-refractivity contribution in [2.75, 3.05) is 4.90 Å². The average molecular weight is 533 g/mol. The van der Waals surface area contributed by atoms with Gasteiger partial charge in [0, 0.05) is 17.1 Å². The summed E-state index contributed by atoms with van der Waals surface area (Å²) >= 11 is 0. The highest BCUT2D eigenvalue weighted by molar-refractivity contribution is 6.36. The van der Waals surface area contributed by atoms with Crippen LogP contribution >= 0.6 is 0 Å². The van der Waals surface area contributed by atoms with Gasteiger partial charge in [-0.25, -0.2) is 0 Å². The fraction of sp³-hybridized carbons (Fsp3) is 0. The van der Waals surface area contributed by atoms with Gasteiger partial charge in [0.05, 0.1) is 0 Å². The lowest BCUT2D eigenvalue weighted by Gasteiger charge is -2.27. The van der Waals surface area contributed by atoms with Crippen LogP contribution in [0.5, 0.6) is 0 Å². The van der Waals surface area contributed by atoms with Crippen LogP contribution in [0.15, 0.2) is 170 Å².